The van der Waals surface area contributed by atoms with Crippen molar-refractivity contribution < 1.29 is 13.2 Å². The molecule has 2 aromatic heterocycles. The first-order chi connectivity index (χ1) is 14.4. The number of carbonyl (C=O) groups excluding carboxylic acids is 1. The molecule has 1 aromatic carbocycles. The predicted molar refractivity (Wildman–Crippen MR) is 120 cm³/mol. The first kappa shape index (κ1) is 21.5. The van der Waals surface area contributed by atoms with Crippen molar-refractivity contribution in [3.05, 3.63) is 57.9 Å². The van der Waals surface area contributed by atoms with Gasteiger partial charge < -0.3 is 5.32 Å². The van der Waals surface area contributed by atoms with Gasteiger partial charge in [-0.15, -0.1) is 22.7 Å². The SMILES string of the molecule is O=C(NCc1csc(-c2cccs2)n1)C1CCN(S(=O)(=O)c2ccc(Cl)cc2)CC1. The number of nitrogens with zero attached hydrogens (tertiary/aromatic N) is 2. The molecule has 1 N–H and O–H groups in total. The molecule has 4 rings (SSSR count). The fourth-order valence-electron chi connectivity index (χ4n) is 3.34. The van der Waals surface area contributed by atoms with Crippen molar-refractivity contribution in [1.29, 1.82) is 0 Å². The monoisotopic (exact) mass is 481 g/mol. The molecule has 1 aliphatic rings. The van der Waals surface area contributed by atoms with Gasteiger partial charge in [-0.2, -0.15) is 4.31 Å². The van der Waals surface area contributed by atoms with E-state index in [4.69, 9.17) is 11.6 Å². The Kier molecular flexibility index (Phi) is 6.54. The summed E-state index contributed by atoms with van der Waals surface area (Å²) in [5.74, 6) is -0.249. The molecule has 6 nitrogen and oxygen atoms in total. The maximum absolute atomic E-state index is 12.8. The largest absolute Gasteiger partial charge is 0.350 e. The van der Waals surface area contributed by atoms with E-state index in [1.807, 2.05) is 22.9 Å². The molecule has 0 bridgehead atoms. The zero-order valence-corrected chi connectivity index (χ0v) is 19.2. The van der Waals surface area contributed by atoms with E-state index in [1.165, 1.54) is 16.4 Å². The summed E-state index contributed by atoms with van der Waals surface area (Å²) >= 11 is 9.05. The Labute approximate surface area is 188 Å². The van der Waals surface area contributed by atoms with Crippen LogP contribution in [0.25, 0.3) is 9.88 Å². The van der Waals surface area contributed by atoms with Crippen molar-refractivity contribution in [3.8, 4) is 9.88 Å². The van der Waals surface area contributed by atoms with Crippen molar-refractivity contribution in [2.45, 2.75) is 24.3 Å². The normalized spacial score (nSPS) is 15.9. The quantitative estimate of drug-likeness (QED) is 0.571. The lowest BCUT2D eigenvalue weighted by molar-refractivity contribution is -0.126. The lowest BCUT2D eigenvalue weighted by Gasteiger charge is -2.30. The van der Waals surface area contributed by atoms with E-state index in [0.717, 1.165) is 15.6 Å². The van der Waals surface area contributed by atoms with Crippen LogP contribution in [0.1, 0.15) is 18.5 Å². The van der Waals surface area contributed by atoms with Gasteiger partial charge in [-0.1, -0.05) is 17.7 Å². The van der Waals surface area contributed by atoms with Gasteiger partial charge in [0.2, 0.25) is 15.9 Å². The summed E-state index contributed by atoms with van der Waals surface area (Å²) in [5, 5.41) is 8.36. The highest BCUT2D eigenvalue weighted by Crippen LogP contribution is 2.28. The molecule has 0 radical (unpaired) electrons. The molecule has 3 heterocycles. The minimum Gasteiger partial charge on any atom is -0.350 e. The topological polar surface area (TPSA) is 79.4 Å². The maximum Gasteiger partial charge on any atom is 0.243 e. The van der Waals surface area contributed by atoms with E-state index in [0.29, 0.717) is 37.5 Å². The third-order valence-electron chi connectivity index (χ3n) is 5.00. The number of piperidine rings is 1. The molecule has 1 aliphatic heterocycles. The summed E-state index contributed by atoms with van der Waals surface area (Å²) in [6, 6.07) is 10.2. The summed E-state index contributed by atoms with van der Waals surface area (Å²) in [7, 11) is -3.57. The Hall–Kier alpha value is -1.78. The number of nitrogens with one attached hydrogen (secondary N) is 1. The smallest absolute Gasteiger partial charge is 0.243 e. The number of halogens is 1. The molecule has 0 aliphatic carbocycles. The molecular formula is C20H20ClN3O3S3. The first-order valence-corrected chi connectivity index (χ1v) is 13.0. The van der Waals surface area contributed by atoms with E-state index >= 15 is 0 Å². The number of thiazole rings is 1. The zero-order valence-electron chi connectivity index (χ0n) is 16.0. The average Bonchev–Trinajstić information content (AvgIpc) is 3.44. The van der Waals surface area contributed by atoms with Crippen LogP contribution in [0.5, 0.6) is 0 Å². The molecule has 1 saturated heterocycles. The van der Waals surface area contributed by atoms with Crippen molar-refractivity contribution >= 4 is 50.2 Å². The van der Waals surface area contributed by atoms with Crippen LogP contribution in [-0.2, 0) is 21.4 Å². The second kappa shape index (κ2) is 9.15. The maximum atomic E-state index is 12.8. The molecule has 0 saturated carbocycles. The average molecular weight is 482 g/mol. The van der Waals surface area contributed by atoms with Gasteiger partial charge in [0.15, 0.2) is 0 Å². The molecule has 10 heteroatoms. The van der Waals surface area contributed by atoms with Crippen LogP contribution in [0, 0.1) is 5.92 Å². The molecule has 0 unspecified atom stereocenters. The molecule has 3 aromatic rings. The predicted octanol–water partition coefficient (Wildman–Crippen LogP) is 4.24. The highest BCUT2D eigenvalue weighted by atomic mass is 35.5. The summed E-state index contributed by atoms with van der Waals surface area (Å²) in [4.78, 5) is 18.5. The van der Waals surface area contributed by atoms with Gasteiger partial charge in [-0.25, -0.2) is 13.4 Å². The van der Waals surface area contributed by atoms with Crippen LogP contribution in [0.15, 0.2) is 52.1 Å². The minimum absolute atomic E-state index is 0.0517. The van der Waals surface area contributed by atoms with E-state index < -0.39 is 10.0 Å². The number of sulfonamides is 1. The van der Waals surface area contributed by atoms with Gasteiger partial charge in [0, 0.05) is 29.4 Å². The zero-order chi connectivity index (χ0) is 21.1. The van der Waals surface area contributed by atoms with Gasteiger partial charge in [0.05, 0.1) is 22.0 Å². The molecular weight excluding hydrogens is 462 g/mol. The summed E-state index contributed by atoms with van der Waals surface area (Å²) in [6.45, 7) is 1.02. The van der Waals surface area contributed by atoms with Crippen LogP contribution >= 0.6 is 34.3 Å². The third-order valence-corrected chi connectivity index (χ3v) is 9.10. The standard InChI is InChI=1S/C20H20ClN3O3S3/c21-15-3-5-17(6-4-15)30(26,27)24-9-7-14(8-10-24)19(25)22-12-16-13-29-20(23-16)18-2-1-11-28-18/h1-6,11,13-14H,7-10,12H2,(H,22,25). The molecule has 1 fully saturated rings. The Bertz CT molecular complexity index is 1100. The van der Waals surface area contributed by atoms with E-state index in [2.05, 4.69) is 10.3 Å². The fourth-order valence-corrected chi connectivity index (χ4v) is 6.57. The fraction of sp³-hybridized carbons (Fsp3) is 0.300. The molecule has 30 heavy (non-hydrogen) atoms. The number of carbonyl (C=O) groups is 1. The van der Waals surface area contributed by atoms with Crippen molar-refractivity contribution in [2.24, 2.45) is 5.92 Å². The first-order valence-electron chi connectivity index (χ1n) is 9.45. The van der Waals surface area contributed by atoms with E-state index in [-0.39, 0.29) is 16.7 Å². The number of thiophene rings is 1. The lowest BCUT2D eigenvalue weighted by Crippen LogP contribution is -2.42. The highest BCUT2D eigenvalue weighted by Gasteiger charge is 2.32. The minimum atomic E-state index is -3.57. The number of rotatable bonds is 6. The number of benzene rings is 1. The Balaban J connectivity index is 1.29. The number of hydrogen-bond acceptors (Lipinski definition) is 6. The molecule has 0 atom stereocenters. The highest BCUT2D eigenvalue weighted by molar-refractivity contribution is 7.89. The van der Waals surface area contributed by atoms with Gasteiger partial charge in [-0.05, 0) is 48.6 Å². The Morgan fingerprint density at radius 2 is 1.90 bits per heavy atom. The van der Waals surface area contributed by atoms with Crippen LogP contribution < -0.4 is 5.32 Å². The molecule has 1 amide bonds. The van der Waals surface area contributed by atoms with Gasteiger partial charge in [0.1, 0.15) is 5.01 Å². The summed E-state index contributed by atoms with van der Waals surface area (Å²) < 4.78 is 27.0. The third kappa shape index (κ3) is 4.76. The van der Waals surface area contributed by atoms with Gasteiger partial charge in [0.25, 0.3) is 0 Å². The van der Waals surface area contributed by atoms with E-state index in [9.17, 15) is 13.2 Å². The van der Waals surface area contributed by atoms with E-state index in [1.54, 1.807) is 34.8 Å². The van der Waals surface area contributed by atoms with Crippen molar-refractivity contribution in [2.75, 3.05) is 13.1 Å². The van der Waals surface area contributed by atoms with Crippen LogP contribution in [0.4, 0.5) is 0 Å². The molecule has 158 valence electrons. The van der Waals surface area contributed by atoms with Gasteiger partial charge in [-0.3, -0.25) is 4.79 Å². The van der Waals surface area contributed by atoms with Crippen molar-refractivity contribution in [1.82, 2.24) is 14.6 Å². The van der Waals surface area contributed by atoms with Crippen molar-refractivity contribution in [3.63, 3.8) is 0 Å². The second-order valence-electron chi connectivity index (χ2n) is 6.97. The Morgan fingerprint density at radius 1 is 1.17 bits per heavy atom. The van der Waals surface area contributed by atoms with Gasteiger partial charge >= 0.3 is 0 Å². The van der Waals surface area contributed by atoms with Crippen LogP contribution in [0.3, 0.4) is 0 Å². The van der Waals surface area contributed by atoms with Crippen LogP contribution in [0.2, 0.25) is 5.02 Å². The second-order valence-corrected chi connectivity index (χ2v) is 11.2. The number of hydrogen-bond donors (Lipinski definition) is 1. The summed E-state index contributed by atoms with van der Waals surface area (Å²) in [5.41, 5.74) is 0.833. The number of amides is 1. The molecule has 0 spiro atoms. The summed E-state index contributed by atoms with van der Waals surface area (Å²) in [6.07, 6.45) is 0.992. The van der Waals surface area contributed by atoms with Crippen LogP contribution in [-0.4, -0.2) is 36.7 Å². The Morgan fingerprint density at radius 3 is 2.57 bits per heavy atom. The lowest BCUT2D eigenvalue weighted by atomic mass is 9.97. The number of aromatic nitrogens is 1.